The summed E-state index contributed by atoms with van der Waals surface area (Å²) in [7, 11) is 3.93. The number of hydrogen-bond donors (Lipinski definition) is 1. The molecule has 1 unspecified atom stereocenters. The fraction of sp³-hybridized carbons (Fsp3) is 0.409. The Morgan fingerprint density at radius 3 is 2.93 bits per heavy atom. The topological polar surface area (TPSA) is 77.5 Å². The predicted molar refractivity (Wildman–Crippen MR) is 122 cm³/mol. The summed E-state index contributed by atoms with van der Waals surface area (Å²) in [6, 6.07) is 10.3. The minimum absolute atomic E-state index is 0.00866. The first kappa shape index (κ1) is 22.5. The van der Waals surface area contributed by atoms with Crippen LogP contribution in [0.2, 0.25) is 0 Å². The molecule has 1 amide bonds. The van der Waals surface area contributed by atoms with Crippen molar-refractivity contribution in [1.82, 2.24) is 4.98 Å². The molecule has 1 aliphatic heterocycles. The van der Waals surface area contributed by atoms with Crippen LogP contribution in [-0.4, -0.2) is 34.5 Å². The van der Waals surface area contributed by atoms with Crippen LogP contribution in [0.1, 0.15) is 49.4 Å². The van der Waals surface area contributed by atoms with E-state index in [9.17, 15) is 9.59 Å². The number of esters is 1. The Balaban J connectivity index is 1.52. The van der Waals surface area contributed by atoms with E-state index in [0.29, 0.717) is 17.9 Å². The second-order valence-corrected chi connectivity index (χ2v) is 9.62. The van der Waals surface area contributed by atoms with Gasteiger partial charge in [-0.25, -0.2) is 9.78 Å². The molecule has 0 spiro atoms. The van der Waals surface area contributed by atoms with Crippen LogP contribution < -0.4 is 10.1 Å². The standard InChI is InChI=1S/C22H26N2O4S2/c1-2-27-22(26)19-10-6-13-23-21(19)28-17-8-5-7-16(15-17)24-20(25)11-4-3-9-18-12-14-29-30-18/h5-8,10,13,15,18H,2-4,9,11-12,14H2,1H3,(H,24,25). The zero-order valence-electron chi connectivity index (χ0n) is 17.0. The summed E-state index contributed by atoms with van der Waals surface area (Å²) in [5.41, 5.74) is 0.904. The minimum Gasteiger partial charge on any atom is -0.462 e. The van der Waals surface area contributed by atoms with E-state index >= 15 is 0 Å². The average Bonchev–Trinajstić information content (AvgIpc) is 3.26. The molecule has 30 heavy (non-hydrogen) atoms. The number of anilines is 1. The average molecular weight is 447 g/mol. The molecule has 2 heterocycles. The third-order valence-corrected chi connectivity index (χ3v) is 7.51. The van der Waals surface area contributed by atoms with Gasteiger partial charge < -0.3 is 14.8 Å². The fourth-order valence-corrected chi connectivity index (χ4v) is 6.06. The normalized spacial score (nSPS) is 15.6. The number of benzene rings is 1. The third kappa shape index (κ3) is 6.95. The minimum atomic E-state index is -0.486. The van der Waals surface area contributed by atoms with Crippen LogP contribution in [0.4, 0.5) is 5.69 Å². The van der Waals surface area contributed by atoms with Crippen LogP contribution in [0, 0.1) is 0 Å². The molecule has 1 aromatic heterocycles. The molecule has 3 rings (SSSR count). The van der Waals surface area contributed by atoms with Gasteiger partial charge in [0.05, 0.1) is 6.61 Å². The number of pyridine rings is 1. The zero-order valence-corrected chi connectivity index (χ0v) is 18.6. The monoisotopic (exact) mass is 446 g/mol. The van der Waals surface area contributed by atoms with E-state index in [1.807, 2.05) is 27.7 Å². The molecule has 160 valence electrons. The quantitative estimate of drug-likeness (QED) is 0.285. The molecule has 6 nitrogen and oxygen atoms in total. The van der Waals surface area contributed by atoms with E-state index in [1.165, 1.54) is 18.6 Å². The van der Waals surface area contributed by atoms with Crippen molar-refractivity contribution in [2.24, 2.45) is 0 Å². The smallest absolute Gasteiger partial charge is 0.343 e. The van der Waals surface area contributed by atoms with Gasteiger partial charge in [0.2, 0.25) is 11.8 Å². The van der Waals surface area contributed by atoms with Gasteiger partial charge in [-0.05, 0) is 50.5 Å². The Bertz CT molecular complexity index is 857. The van der Waals surface area contributed by atoms with Crippen LogP contribution in [-0.2, 0) is 9.53 Å². The van der Waals surface area contributed by atoms with E-state index < -0.39 is 5.97 Å². The lowest BCUT2D eigenvalue weighted by Crippen LogP contribution is -2.11. The Labute approximate surface area is 184 Å². The van der Waals surface area contributed by atoms with Crippen molar-refractivity contribution in [3.05, 3.63) is 48.2 Å². The Hall–Kier alpha value is -2.19. The van der Waals surface area contributed by atoms with E-state index in [0.717, 1.165) is 18.1 Å². The van der Waals surface area contributed by atoms with Crippen molar-refractivity contribution >= 4 is 39.2 Å². The van der Waals surface area contributed by atoms with Crippen molar-refractivity contribution in [1.29, 1.82) is 0 Å². The van der Waals surface area contributed by atoms with Crippen molar-refractivity contribution in [3.63, 3.8) is 0 Å². The van der Waals surface area contributed by atoms with Gasteiger partial charge >= 0.3 is 5.97 Å². The summed E-state index contributed by atoms with van der Waals surface area (Å²) in [5, 5.41) is 3.66. The molecule has 1 N–H and O–H groups in total. The third-order valence-electron chi connectivity index (χ3n) is 4.51. The Morgan fingerprint density at radius 2 is 2.13 bits per heavy atom. The number of hydrogen-bond acceptors (Lipinski definition) is 7. The number of nitrogens with zero attached hydrogens (tertiary/aromatic N) is 1. The maximum absolute atomic E-state index is 12.3. The molecule has 0 saturated carbocycles. The lowest BCUT2D eigenvalue weighted by atomic mass is 10.1. The van der Waals surface area contributed by atoms with Gasteiger partial charge in [0.25, 0.3) is 0 Å². The number of carbonyl (C=O) groups is 2. The van der Waals surface area contributed by atoms with E-state index in [2.05, 4.69) is 10.3 Å². The molecule has 1 saturated heterocycles. The maximum Gasteiger partial charge on any atom is 0.343 e. The lowest BCUT2D eigenvalue weighted by molar-refractivity contribution is -0.116. The Kier molecular flexibility index (Phi) is 8.89. The summed E-state index contributed by atoms with van der Waals surface area (Å²) >= 11 is 0. The van der Waals surface area contributed by atoms with Crippen LogP contribution in [0.5, 0.6) is 11.6 Å². The van der Waals surface area contributed by atoms with Gasteiger partial charge in [0.1, 0.15) is 11.3 Å². The van der Waals surface area contributed by atoms with Gasteiger partial charge in [-0.1, -0.05) is 34.1 Å². The lowest BCUT2D eigenvalue weighted by Gasteiger charge is -2.11. The van der Waals surface area contributed by atoms with Gasteiger partial charge in [-0.15, -0.1) is 0 Å². The van der Waals surface area contributed by atoms with E-state index in [4.69, 9.17) is 9.47 Å². The van der Waals surface area contributed by atoms with Gasteiger partial charge in [0, 0.05) is 35.4 Å². The van der Waals surface area contributed by atoms with Crippen LogP contribution >= 0.6 is 21.6 Å². The van der Waals surface area contributed by atoms with Crippen molar-refractivity contribution < 1.29 is 19.1 Å². The first-order chi connectivity index (χ1) is 14.7. The van der Waals surface area contributed by atoms with E-state index in [1.54, 1.807) is 43.5 Å². The molecule has 2 aromatic rings. The molecular weight excluding hydrogens is 420 g/mol. The summed E-state index contributed by atoms with van der Waals surface area (Å²) < 4.78 is 10.8. The largest absolute Gasteiger partial charge is 0.462 e. The number of nitrogens with one attached hydrogen (secondary N) is 1. The van der Waals surface area contributed by atoms with Crippen LogP contribution in [0.3, 0.4) is 0 Å². The highest BCUT2D eigenvalue weighted by Crippen LogP contribution is 2.39. The molecule has 0 bridgehead atoms. The molecule has 1 aliphatic rings. The first-order valence-corrected chi connectivity index (χ1v) is 12.5. The van der Waals surface area contributed by atoms with Crippen molar-refractivity contribution in [3.8, 4) is 11.6 Å². The predicted octanol–water partition coefficient (Wildman–Crippen LogP) is 5.70. The SMILES string of the molecule is CCOC(=O)c1cccnc1Oc1cccc(NC(=O)CCCCC2CCSS2)c1. The second-order valence-electron chi connectivity index (χ2n) is 6.83. The highest BCUT2D eigenvalue weighted by Gasteiger charge is 2.17. The molecular formula is C22H26N2O4S2. The zero-order chi connectivity index (χ0) is 21.2. The van der Waals surface area contributed by atoms with Gasteiger partial charge in [-0.2, -0.15) is 0 Å². The van der Waals surface area contributed by atoms with Crippen LogP contribution in [0.15, 0.2) is 42.6 Å². The van der Waals surface area contributed by atoms with Gasteiger partial charge in [-0.3, -0.25) is 4.79 Å². The first-order valence-electron chi connectivity index (χ1n) is 10.1. The van der Waals surface area contributed by atoms with Crippen molar-refractivity contribution in [2.75, 3.05) is 17.7 Å². The number of unbranched alkanes of at least 4 members (excludes halogenated alkanes) is 1. The second kappa shape index (κ2) is 11.9. The number of carbonyl (C=O) groups excluding carboxylic acids is 2. The van der Waals surface area contributed by atoms with Crippen LogP contribution in [0.25, 0.3) is 0 Å². The molecule has 0 radical (unpaired) electrons. The number of rotatable bonds is 10. The molecule has 1 atom stereocenters. The van der Waals surface area contributed by atoms with Crippen molar-refractivity contribution in [2.45, 2.75) is 44.3 Å². The molecule has 1 aromatic carbocycles. The summed E-state index contributed by atoms with van der Waals surface area (Å²) in [5.74, 6) is 1.40. The maximum atomic E-state index is 12.3. The van der Waals surface area contributed by atoms with Gasteiger partial charge in [0.15, 0.2) is 0 Å². The highest BCUT2D eigenvalue weighted by molar-refractivity contribution is 8.77. The molecule has 1 fully saturated rings. The molecule has 0 aliphatic carbocycles. The summed E-state index contributed by atoms with van der Waals surface area (Å²) in [4.78, 5) is 28.5. The number of amides is 1. The highest BCUT2D eigenvalue weighted by atomic mass is 33.1. The summed E-state index contributed by atoms with van der Waals surface area (Å²) in [6.45, 7) is 2.01. The van der Waals surface area contributed by atoms with E-state index in [-0.39, 0.29) is 24.0 Å². The summed E-state index contributed by atoms with van der Waals surface area (Å²) in [6.07, 6.45) is 6.48. The molecule has 8 heteroatoms. The fourth-order valence-electron chi connectivity index (χ4n) is 3.03. The number of ether oxygens (including phenoxy) is 2. The Morgan fingerprint density at radius 1 is 1.23 bits per heavy atom. The number of aromatic nitrogens is 1.